The summed E-state index contributed by atoms with van der Waals surface area (Å²) in [7, 11) is 2.20. The van der Waals surface area contributed by atoms with Crippen LogP contribution in [0.2, 0.25) is 0 Å². The molecule has 2 N–H and O–H groups in total. The van der Waals surface area contributed by atoms with E-state index in [-0.39, 0.29) is 0 Å². The van der Waals surface area contributed by atoms with Crippen LogP contribution >= 0.6 is 0 Å². The summed E-state index contributed by atoms with van der Waals surface area (Å²) in [5.74, 6) is 0.871. The van der Waals surface area contributed by atoms with Crippen molar-refractivity contribution in [2.45, 2.75) is 25.7 Å². The molecule has 1 saturated heterocycles. The van der Waals surface area contributed by atoms with Gasteiger partial charge in [-0.1, -0.05) is 12.2 Å². The van der Waals surface area contributed by atoms with Gasteiger partial charge in [-0.2, -0.15) is 0 Å². The first-order chi connectivity index (χ1) is 6.22. The van der Waals surface area contributed by atoms with E-state index >= 15 is 0 Å². The van der Waals surface area contributed by atoms with Gasteiger partial charge in [-0.25, -0.2) is 0 Å². The van der Waals surface area contributed by atoms with Gasteiger partial charge in [0, 0.05) is 0 Å². The van der Waals surface area contributed by atoms with E-state index in [0.717, 1.165) is 18.9 Å². The number of piperidine rings is 1. The molecule has 0 unspecified atom stereocenters. The molecule has 13 heavy (non-hydrogen) atoms. The first-order valence-corrected chi connectivity index (χ1v) is 5.27. The summed E-state index contributed by atoms with van der Waals surface area (Å²) in [5.41, 5.74) is 6.83. The van der Waals surface area contributed by atoms with Crippen molar-refractivity contribution in [3.05, 3.63) is 12.2 Å². The van der Waals surface area contributed by atoms with E-state index in [2.05, 4.69) is 18.5 Å². The van der Waals surface area contributed by atoms with Gasteiger partial charge in [0.25, 0.3) is 0 Å². The normalized spacial score (nSPS) is 20.5. The molecule has 2 nitrogen and oxygen atoms in total. The molecule has 0 atom stereocenters. The molecule has 0 aliphatic carbocycles. The van der Waals surface area contributed by atoms with Gasteiger partial charge in [0.05, 0.1) is 0 Å². The molecule has 76 valence electrons. The molecule has 0 spiro atoms. The minimum absolute atomic E-state index is 0.755. The minimum Gasteiger partial charge on any atom is -0.330 e. The van der Waals surface area contributed by atoms with Crippen molar-refractivity contribution in [2.75, 3.05) is 26.7 Å². The highest BCUT2D eigenvalue weighted by atomic mass is 15.1. The van der Waals surface area contributed by atoms with E-state index in [1.54, 1.807) is 0 Å². The summed E-state index contributed by atoms with van der Waals surface area (Å²) in [6.45, 7) is 7.32. The molecule has 1 heterocycles. The van der Waals surface area contributed by atoms with Gasteiger partial charge in [0.1, 0.15) is 0 Å². The predicted molar refractivity (Wildman–Crippen MR) is 57.6 cm³/mol. The van der Waals surface area contributed by atoms with E-state index < -0.39 is 0 Å². The maximum atomic E-state index is 5.49. The van der Waals surface area contributed by atoms with Gasteiger partial charge in [0.2, 0.25) is 0 Å². The molecule has 1 fully saturated rings. The highest BCUT2D eigenvalue weighted by Gasteiger charge is 2.16. The van der Waals surface area contributed by atoms with Gasteiger partial charge < -0.3 is 10.6 Å². The summed E-state index contributed by atoms with van der Waals surface area (Å²) in [5, 5.41) is 0. The third-order valence-corrected chi connectivity index (χ3v) is 2.91. The Kier molecular flexibility index (Phi) is 4.46. The zero-order chi connectivity index (χ0) is 9.68. The number of nitrogens with zero attached hydrogens (tertiary/aromatic N) is 1. The topological polar surface area (TPSA) is 29.3 Å². The molecule has 1 aliphatic heterocycles. The fourth-order valence-corrected chi connectivity index (χ4v) is 1.98. The quantitative estimate of drug-likeness (QED) is 0.669. The highest BCUT2D eigenvalue weighted by Crippen LogP contribution is 2.23. The summed E-state index contributed by atoms with van der Waals surface area (Å²) in [6.07, 6.45) is 4.87. The first kappa shape index (κ1) is 10.7. The first-order valence-electron chi connectivity index (χ1n) is 5.27. The van der Waals surface area contributed by atoms with Crippen LogP contribution < -0.4 is 5.73 Å². The third-order valence-electron chi connectivity index (χ3n) is 2.91. The van der Waals surface area contributed by atoms with Gasteiger partial charge >= 0.3 is 0 Å². The van der Waals surface area contributed by atoms with Crippen LogP contribution in [0, 0.1) is 5.92 Å². The Morgan fingerprint density at radius 1 is 1.46 bits per heavy atom. The fraction of sp³-hybridized carbons (Fsp3) is 0.818. The van der Waals surface area contributed by atoms with Crippen LogP contribution in [0.5, 0.6) is 0 Å². The Hall–Kier alpha value is -0.340. The van der Waals surface area contributed by atoms with Crippen molar-refractivity contribution in [2.24, 2.45) is 11.7 Å². The fourth-order valence-electron chi connectivity index (χ4n) is 1.98. The standard InChI is InChI=1S/C11H22N2/c1-10(3-6-12)9-11-4-7-13(2)8-5-11/h11H,1,3-9,12H2,2H3. The van der Waals surface area contributed by atoms with E-state index in [0.29, 0.717) is 0 Å². The van der Waals surface area contributed by atoms with Gasteiger partial charge in [-0.05, 0) is 58.3 Å². The van der Waals surface area contributed by atoms with Crippen molar-refractivity contribution in [1.82, 2.24) is 4.90 Å². The number of rotatable bonds is 4. The average Bonchev–Trinajstić information content (AvgIpc) is 2.09. The van der Waals surface area contributed by atoms with Gasteiger partial charge in [-0.15, -0.1) is 0 Å². The molecule has 0 bridgehead atoms. The van der Waals surface area contributed by atoms with E-state index in [9.17, 15) is 0 Å². The summed E-state index contributed by atoms with van der Waals surface area (Å²) in [4.78, 5) is 2.40. The molecule has 2 heteroatoms. The largest absolute Gasteiger partial charge is 0.330 e. The maximum Gasteiger partial charge on any atom is -0.00190 e. The Balaban J connectivity index is 2.18. The second kappa shape index (κ2) is 5.40. The maximum absolute atomic E-state index is 5.49. The van der Waals surface area contributed by atoms with Crippen molar-refractivity contribution >= 4 is 0 Å². The number of hydrogen-bond acceptors (Lipinski definition) is 2. The zero-order valence-electron chi connectivity index (χ0n) is 8.76. The lowest BCUT2D eigenvalue weighted by molar-refractivity contribution is 0.218. The van der Waals surface area contributed by atoms with Crippen LogP contribution in [-0.2, 0) is 0 Å². The second-order valence-corrected chi connectivity index (χ2v) is 4.24. The molecule has 0 aromatic rings. The van der Waals surface area contributed by atoms with Crippen LogP contribution in [0.25, 0.3) is 0 Å². The number of likely N-dealkylation sites (tertiary alicyclic amines) is 1. The van der Waals surface area contributed by atoms with E-state index in [1.807, 2.05) is 0 Å². The van der Waals surface area contributed by atoms with Gasteiger partial charge in [-0.3, -0.25) is 0 Å². The van der Waals surface area contributed by atoms with Crippen molar-refractivity contribution in [3.63, 3.8) is 0 Å². The second-order valence-electron chi connectivity index (χ2n) is 4.24. The average molecular weight is 182 g/mol. The monoisotopic (exact) mass is 182 g/mol. The van der Waals surface area contributed by atoms with Crippen LogP contribution in [0.4, 0.5) is 0 Å². The molecule has 1 aliphatic rings. The molecule has 0 saturated carbocycles. The zero-order valence-corrected chi connectivity index (χ0v) is 8.76. The third kappa shape index (κ3) is 3.92. The van der Waals surface area contributed by atoms with Gasteiger partial charge in [0.15, 0.2) is 0 Å². The molecule has 1 rings (SSSR count). The highest BCUT2D eigenvalue weighted by molar-refractivity contribution is 4.96. The molecular formula is C11H22N2. The number of hydrogen-bond donors (Lipinski definition) is 1. The molecule has 0 amide bonds. The number of nitrogens with two attached hydrogens (primary N) is 1. The molecule has 0 aromatic heterocycles. The SMILES string of the molecule is C=C(CCN)CC1CCN(C)CC1. The smallest absolute Gasteiger partial charge is 0.00190 e. The van der Waals surface area contributed by atoms with E-state index in [4.69, 9.17) is 5.73 Å². The van der Waals surface area contributed by atoms with Crippen LogP contribution in [-0.4, -0.2) is 31.6 Å². The van der Waals surface area contributed by atoms with Crippen molar-refractivity contribution < 1.29 is 0 Å². The summed E-state index contributed by atoms with van der Waals surface area (Å²) >= 11 is 0. The summed E-state index contributed by atoms with van der Waals surface area (Å²) in [6, 6.07) is 0. The van der Waals surface area contributed by atoms with Crippen molar-refractivity contribution in [3.8, 4) is 0 Å². The Labute approximate surface area is 81.8 Å². The summed E-state index contributed by atoms with van der Waals surface area (Å²) < 4.78 is 0. The Morgan fingerprint density at radius 2 is 2.08 bits per heavy atom. The molecule has 0 aromatic carbocycles. The Bertz CT molecular complexity index is 157. The lowest BCUT2D eigenvalue weighted by Gasteiger charge is -2.29. The predicted octanol–water partition coefficient (Wildman–Crippen LogP) is 1.62. The van der Waals surface area contributed by atoms with Crippen LogP contribution in [0.1, 0.15) is 25.7 Å². The Morgan fingerprint density at radius 3 is 2.62 bits per heavy atom. The van der Waals surface area contributed by atoms with Crippen LogP contribution in [0.3, 0.4) is 0 Å². The van der Waals surface area contributed by atoms with E-state index in [1.165, 1.54) is 37.9 Å². The minimum atomic E-state index is 0.755. The lowest BCUT2D eigenvalue weighted by Crippen LogP contribution is -2.30. The molecule has 0 radical (unpaired) electrons. The molecular weight excluding hydrogens is 160 g/mol. The van der Waals surface area contributed by atoms with Crippen molar-refractivity contribution in [1.29, 1.82) is 0 Å². The van der Waals surface area contributed by atoms with Crippen LogP contribution in [0.15, 0.2) is 12.2 Å². The lowest BCUT2D eigenvalue weighted by atomic mass is 9.90.